The summed E-state index contributed by atoms with van der Waals surface area (Å²) < 4.78 is 13.0. The Bertz CT molecular complexity index is 449. The summed E-state index contributed by atoms with van der Waals surface area (Å²) in [6, 6.07) is 4.55. The van der Waals surface area contributed by atoms with Gasteiger partial charge in [0.1, 0.15) is 5.82 Å². The minimum absolute atomic E-state index is 0.0840. The molecule has 4 heteroatoms. The quantitative estimate of drug-likeness (QED) is 0.911. The van der Waals surface area contributed by atoms with Crippen LogP contribution in [0.3, 0.4) is 0 Å². The van der Waals surface area contributed by atoms with Crippen LogP contribution in [-0.2, 0) is 0 Å². The number of benzene rings is 1. The van der Waals surface area contributed by atoms with Crippen molar-refractivity contribution in [3.63, 3.8) is 0 Å². The highest BCUT2D eigenvalue weighted by Gasteiger charge is 2.25. The summed E-state index contributed by atoms with van der Waals surface area (Å²) in [5, 5.41) is 3.70. The molecule has 98 valence electrons. The number of hydrogen-bond acceptors (Lipinski definition) is 2. The first kappa shape index (κ1) is 13.4. The zero-order valence-corrected chi connectivity index (χ0v) is 11.5. The Morgan fingerprint density at radius 3 is 2.83 bits per heavy atom. The van der Waals surface area contributed by atoms with Crippen molar-refractivity contribution in [2.24, 2.45) is 0 Å². The van der Waals surface area contributed by atoms with Gasteiger partial charge in [-0.1, -0.05) is 0 Å². The van der Waals surface area contributed by atoms with E-state index in [4.69, 9.17) is 0 Å². The third kappa shape index (κ3) is 3.05. The molecule has 1 fully saturated rings. The van der Waals surface area contributed by atoms with Gasteiger partial charge in [-0.25, -0.2) is 4.39 Å². The molecule has 2 rings (SSSR count). The van der Waals surface area contributed by atoms with Crippen molar-refractivity contribution in [3.05, 3.63) is 35.1 Å². The van der Waals surface area contributed by atoms with Gasteiger partial charge in [0.25, 0.3) is 5.91 Å². The number of hydrogen-bond donors (Lipinski definition) is 1. The maximum atomic E-state index is 13.0. The number of aryl methyl sites for hydroxylation is 1. The number of thioether (sulfide) groups is 1. The summed E-state index contributed by atoms with van der Waals surface area (Å²) in [5.74, 6) is -0.383. The van der Waals surface area contributed by atoms with Crippen LogP contribution in [0.25, 0.3) is 0 Å². The number of amides is 1. The van der Waals surface area contributed by atoms with Gasteiger partial charge in [0.05, 0.1) is 0 Å². The fourth-order valence-electron chi connectivity index (χ4n) is 2.43. The van der Waals surface area contributed by atoms with Crippen molar-refractivity contribution in [3.8, 4) is 0 Å². The third-order valence-corrected chi connectivity index (χ3v) is 4.58. The van der Waals surface area contributed by atoms with E-state index in [1.54, 1.807) is 13.0 Å². The van der Waals surface area contributed by atoms with Crippen LogP contribution in [0, 0.1) is 12.7 Å². The first-order valence-electron chi connectivity index (χ1n) is 6.20. The summed E-state index contributed by atoms with van der Waals surface area (Å²) in [6.07, 6.45) is 5.35. The van der Waals surface area contributed by atoms with E-state index in [-0.39, 0.29) is 17.8 Å². The molecule has 18 heavy (non-hydrogen) atoms. The molecule has 1 N–H and O–H groups in total. The van der Waals surface area contributed by atoms with E-state index in [1.807, 2.05) is 11.8 Å². The summed E-state index contributed by atoms with van der Waals surface area (Å²) in [4.78, 5) is 12.1. The van der Waals surface area contributed by atoms with Crippen molar-refractivity contribution in [2.45, 2.75) is 37.5 Å². The molecule has 0 bridgehead atoms. The second-order valence-corrected chi connectivity index (χ2v) is 5.94. The first-order valence-corrected chi connectivity index (χ1v) is 7.48. The van der Waals surface area contributed by atoms with Crippen molar-refractivity contribution in [1.29, 1.82) is 0 Å². The van der Waals surface area contributed by atoms with Crippen LogP contribution in [0.5, 0.6) is 0 Å². The second kappa shape index (κ2) is 5.74. The smallest absolute Gasteiger partial charge is 0.251 e. The van der Waals surface area contributed by atoms with Crippen LogP contribution < -0.4 is 5.32 Å². The van der Waals surface area contributed by atoms with Gasteiger partial charge < -0.3 is 5.32 Å². The van der Waals surface area contributed by atoms with Crippen LogP contribution in [0.2, 0.25) is 0 Å². The predicted octanol–water partition coefficient (Wildman–Crippen LogP) is 3.15. The molecule has 1 aliphatic rings. The monoisotopic (exact) mass is 267 g/mol. The van der Waals surface area contributed by atoms with Crippen molar-refractivity contribution in [2.75, 3.05) is 6.26 Å². The van der Waals surface area contributed by atoms with Crippen LogP contribution in [0.4, 0.5) is 4.39 Å². The highest BCUT2D eigenvalue weighted by molar-refractivity contribution is 7.99. The van der Waals surface area contributed by atoms with Gasteiger partial charge in [0, 0.05) is 16.9 Å². The predicted molar refractivity (Wildman–Crippen MR) is 73.5 cm³/mol. The van der Waals surface area contributed by atoms with Crippen molar-refractivity contribution < 1.29 is 9.18 Å². The Morgan fingerprint density at radius 1 is 1.44 bits per heavy atom. The van der Waals surface area contributed by atoms with E-state index in [0.29, 0.717) is 16.4 Å². The average molecular weight is 267 g/mol. The number of rotatable bonds is 3. The van der Waals surface area contributed by atoms with Crippen molar-refractivity contribution >= 4 is 17.7 Å². The molecule has 2 unspecified atom stereocenters. The molecule has 0 radical (unpaired) electrons. The van der Waals surface area contributed by atoms with E-state index in [1.165, 1.54) is 12.1 Å². The molecule has 0 aliphatic heterocycles. The van der Waals surface area contributed by atoms with E-state index < -0.39 is 0 Å². The van der Waals surface area contributed by atoms with Crippen LogP contribution in [0.1, 0.15) is 35.2 Å². The number of nitrogens with one attached hydrogen (secondary N) is 1. The van der Waals surface area contributed by atoms with Gasteiger partial charge in [0.15, 0.2) is 0 Å². The molecule has 1 aliphatic carbocycles. The molecule has 0 spiro atoms. The molecule has 1 aromatic carbocycles. The van der Waals surface area contributed by atoms with E-state index in [2.05, 4.69) is 11.6 Å². The Hall–Kier alpha value is -1.03. The largest absolute Gasteiger partial charge is 0.349 e. The molecule has 2 atom stereocenters. The molecule has 1 amide bonds. The van der Waals surface area contributed by atoms with Gasteiger partial charge in [-0.05, 0) is 56.2 Å². The molecule has 2 nitrogen and oxygen atoms in total. The lowest BCUT2D eigenvalue weighted by atomic mass is 10.1. The Morgan fingerprint density at radius 2 is 2.22 bits per heavy atom. The van der Waals surface area contributed by atoms with E-state index in [9.17, 15) is 9.18 Å². The average Bonchev–Trinajstić information content (AvgIpc) is 2.76. The van der Waals surface area contributed by atoms with Crippen LogP contribution in [-0.4, -0.2) is 23.5 Å². The summed E-state index contributed by atoms with van der Waals surface area (Å²) in [6.45, 7) is 1.76. The molecule has 0 aromatic heterocycles. The lowest BCUT2D eigenvalue weighted by molar-refractivity contribution is 0.0937. The number of carbonyl (C=O) groups excluding carboxylic acids is 1. The Kier molecular flexibility index (Phi) is 4.27. The maximum absolute atomic E-state index is 13.0. The fraction of sp³-hybridized carbons (Fsp3) is 0.500. The van der Waals surface area contributed by atoms with E-state index >= 15 is 0 Å². The summed E-state index contributed by atoms with van der Waals surface area (Å²) >= 11 is 1.86. The minimum Gasteiger partial charge on any atom is -0.349 e. The first-order chi connectivity index (χ1) is 8.60. The highest BCUT2D eigenvalue weighted by atomic mass is 32.2. The molecule has 0 saturated heterocycles. The van der Waals surface area contributed by atoms with Gasteiger partial charge in [-0.2, -0.15) is 11.8 Å². The minimum atomic E-state index is -0.299. The molecular weight excluding hydrogens is 249 g/mol. The SMILES string of the molecule is CSC1CCC(NC(=O)c2ccc(F)cc2C)C1. The van der Waals surface area contributed by atoms with Crippen LogP contribution in [0.15, 0.2) is 18.2 Å². The number of halogens is 1. The highest BCUT2D eigenvalue weighted by Crippen LogP contribution is 2.28. The Labute approximate surface area is 111 Å². The zero-order valence-electron chi connectivity index (χ0n) is 10.7. The lowest BCUT2D eigenvalue weighted by Crippen LogP contribution is -2.33. The van der Waals surface area contributed by atoms with Gasteiger partial charge in [0.2, 0.25) is 0 Å². The summed E-state index contributed by atoms with van der Waals surface area (Å²) in [7, 11) is 0. The van der Waals surface area contributed by atoms with Crippen molar-refractivity contribution in [1.82, 2.24) is 5.32 Å². The van der Waals surface area contributed by atoms with Gasteiger partial charge in [-0.15, -0.1) is 0 Å². The topological polar surface area (TPSA) is 29.1 Å². The standard InChI is InChI=1S/C14H18FNOS/c1-9-7-10(15)3-6-13(9)14(17)16-11-4-5-12(8-11)18-2/h3,6-7,11-12H,4-5,8H2,1-2H3,(H,16,17). The van der Waals surface area contributed by atoms with Gasteiger partial charge in [-0.3, -0.25) is 4.79 Å². The van der Waals surface area contributed by atoms with Crippen LogP contribution >= 0.6 is 11.8 Å². The molecular formula is C14H18FNOS. The normalized spacial score (nSPS) is 23.1. The number of carbonyl (C=O) groups is 1. The second-order valence-electron chi connectivity index (χ2n) is 4.80. The van der Waals surface area contributed by atoms with E-state index in [0.717, 1.165) is 19.3 Å². The fourth-order valence-corrected chi connectivity index (χ4v) is 3.23. The summed E-state index contributed by atoms with van der Waals surface area (Å²) in [5.41, 5.74) is 1.26. The Balaban J connectivity index is 2.00. The third-order valence-electron chi connectivity index (χ3n) is 3.49. The van der Waals surface area contributed by atoms with Gasteiger partial charge >= 0.3 is 0 Å². The molecule has 0 heterocycles. The lowest BCUT2D eigenvalue weighted by Gasteiger charge is -2.14. The molecule has 1 saturated carbocycles. The maximum Gasteiger partial charge on any atom is 0.251 e. The molecule has 1 aromatic rings. The zero-order chi connectivity index (χ0) is 13.1.